The zero-order valence-electron chi connectivity index (χ0n) is 23.6. The third-order valence-electron chi connectivity index (χ3n) is 7.67. The molecule has 3 amide bonds. The highest BCUT2D eigenvalue weighted by Crippen LogP contribution is 2.23. The molecular weight excluding hydrogens is 528 g/mol. The van der Waals surface area contributed by atoms with Gasteiger partial charge in [0.05, 0.1) is 6.04 Å². The van der Waals surface area contributed by atoms with Gasteiger partial charge in [-0.25, -0.2) is 4.79 Å². The number of hydrogen-bond donors (Lipinski definition) is 7. The molecule has 5 atom stereocenters. The molecule has 13 nitrogen and oxygen atoms in total. The van der Waals surface area contributed by atoms with E-state index in [9.17, 15) is 24.3 Å². The molecule has 2 heterocycles. The third-order valence-corrected chi connectivity index (χ3v) is 7.67. The number of para-hydroxylation sites is 1. The Morgan fingerprint density at radius 2 is 1.90 bits per heavy atom. The van der Waals surface area contributed by atoms with Crippen LogP contribution in [0.2, 0.25) is 0 Å². The maximum atomic E-state index is 13.9. The minimum atomic E-state index is -1.19. The zero-order chi connectivity index (χ0) is 30.1. The molecule has 224 valence electrons. The summed E-state index contributed by atoms with van der Waals surface area (Å²) in [5, 5.41) is 16.0. The molecule has 1 aromatic carbocycles. The van der Waals surface area contributed by atoms with Crippen molar-refractivity contribution >= 4 is 40.6 Å². The zero-order valence-corrected chi connectivity index (χ0v) is 23.6. The van der Waals surface area contributed by atoms with Crippen LogP contribution in [0.4, 0.5) is 0 Å². The molecule has 1 fully saturated rings. The third kappa shape index (κ3) is 8.19. The Kier molecular flexibility index (Phi) is 11.1. The van der Waals surface area contributed by atoms with Crippen molar-refractivity contribution in [1.82, 2.24) is 20.5 Å². The summed E-state index contributed by atoms with van der Waals surface area (Å²) < 4.78 is 0. The molecule has 10 N–H and O–H groups in total. The number of carbonyl (C=O) groups excluding carboxylic acids is 3. The Morgan fingerprint density at radius 1 is 1.17 bits per heavy atom. The number of carboxylic acid groups (broad SMARTS) is 1. The number of aliphatic imine (C=N–C) groups is 1. The number of nitrogens with two attached hydrogens (primary N) is 3. The lowest BCUT2D eigenvalue weighted by Gasteiger charge is -2.30. The van der Waals surface area contributed by atoms with Crippen molar-refractivity contribution in [2.75, 3.05) is 13.1 Å². The number of H-pyrrole nitrogens is 1. The van der Waals surface area contributed by atoms with Gasteiger partial charge in [-0.15, -0.1) is 0 Å². The number of aliphatic carboxylic acids is 1. The van der Waals surface area contributed by atoms with Gasteiger partial charge in [0.2, 0.25) is 17.7 Å². The van der Waals surface area contributed by atoms with Crippen LogP contribution >= 0.6 is 0 Å². The summed E-state index contributed by atoms with van der Waals surface area (Å²) in [6.45, 7) is 4.34. The molecule has 5 unspecified atom stereocenters. The average molecular weight is 571 g/mol. The normalized spacial score (nSPS) is 17.8. The fourth-order valence-corrected chi connectivity index (χ4v) is 5.03. The van der Waals surface area contributed by atoms with Crippen molar-refractivity contribution in [1.29, 1.82) is 0 Å². The molecule has 0 radical (unpaired) electrons. The van der Waals surface area contributed by atoms with E-state index in [0.717, 1.165) is 16.5 Å². The van der Waals surface area contributed by atoms with Gasteiger partial charge in [0.15, 0.2) is 5.96 Å². The number of benzene rings is 1. The van der Waals surface area contributed by atoms with E-state index < -0.39 is 47.9 Å². The van der Waals surface area contributed by atoms with Crippen LogP contribution in [-0.2, 0) is 25.6 Å². The van der Waals surface area contributed by atoms with Gasteiger partial charge >= 0.3 is 5.97 Å². The SMILES string of the molecule is CCC(C)C(N)C(=O)NC(Cc1c[nH]c2ccccc12)C(=O)N1CCCC1C(=O)NC(CCCN=C(N)N)C(=O)O. The highest BCUT2D eigenvalue weighted by atomic mass is 16.4. The van der Waals surface area contributed by atoms with Gasteiger partial charge in [-0.3, -0.25) is 19.4 Å². The molecule has 0 saturated carbocycles. The number of aromatic nitrogens is 1. The van der Waals surface area contributed by atoms with Crippen LogP contribution < -0.4 is 27.8 Å². The maximum absolute atomic E-state index is 13.9. The average Bonchev–Trinajstić information content (AvgIpc) is 3.60. The Morgan fingerprint density at radius 3 is 2.59 bits per heavy atom. The highest BCUT2D eigenvalue weighted by molar-refractivity contribution is 5.95. The van der Waals surface area contributed by atoms with E-state index in [4.69, 9.17) is 17.2 Å². The first-order chi connectivity index (χ1) is 19.5. The predicted molar refractivity (Wildman–Crippen MR) is 156 cm³/mol. The van der Waals surface area contributed by atoms with Crippen LogP contribution in [-0.4, -0.2) is 81.9 Å². The summed E-state index contributed by atoms with van der Waals surface area (Å²) >= 11 is 0. The molecule has 1 aliphatic heterocycles. The predicted octanol–water partition coefficient (Wildman–Crippen LogP) is 0.183. The van der Waals surface area contributed by atoms with Crippen molar-refractivity contribution < 1.29 is 24.3 Å². The number of carboxylic acids is 1. The monoisotopic (exact) mass is 570 g/mol. The first-order valence-electron chi connectivity index (χ1n) is 14.0. The second-order valence-electron chi connectivity index (χ2n) is 10.6. The summed E-state index contributed by atoms with van der Waals surface area (Å²) in [4.78, 5) is 60.5. The van der Waals surface area contributed by atoms with Crippen LogP contribution in [0.15, 0.2) is 35.5 Å². The molecule has 2 aromatic rings. The lowest BCUT2D eigenvalue weighted by atomic mass is 9.98. The van der Waals surface area contributed by atoms with E-state index >= 15 is 0 Å². The van der Waals surface area contributed by atoms with Gasteiger partial charge < -0.3 is 42.8 Å². The van der Waals surface area contributed by atoms with Crippen molar-refractivity contribution in [3.63, 3.8) is 0 Å². The van der Waals surface area contributed by atoms with Gasteiger partial charge in [-0.2, -0.15) is 0 Å². The van der Waals surface area contributed by atoms with E-state index in [2.05, 4.69) is 20.6 Å². The number of rotatable bonds is 14. The van der Waals surface area contributed by atoms with Gasteiger partial charge in [-0.05, 0) is 43.2 Å². The van der Waals surface area contributed by atoms with Gasteiger partial charge in [0.1, 0.15) is 18.1 Å². The first-order valence-corrected chi connectivity index (χ1v) is 14.0. The summed E-state index contributed by atoms with van der Waals surface area (Å²) in [6, 6.07) is 3.84. The Labute approximate surface area is 239 Å². The number of aromatic amines is 1. The molecule has 13 heteroatoms. The summed E-state index contributed by atoms with van der Waals surface area (Å²) in [5.41, 5.74) is 18.5. The van der Waals surface area contributed by atoms with Crippen molar-refractivity contribution in [3.8, 4) is 0 Å². The Bertz CT molecular complexity index is 1260. The van der Waals surface area contributed by atoms with Gasteiger partial charge in [0, 0.05) is 36.6 Å². The number of fused-ring (bicyclic) bond motifs is 1. The largest absolute Gasteiger partial charge is 0.480 e. The van der Waals surface area contributed by atoms with Crippen molar-refractivity contribution in [3.05, 3.63) is 36.0 Å². The van der Waals surface area contributed by atoms with Gasteiger partial charge in [0.25, 0.3) is 0 Å². The van der Waals surface area contributed by atoms with E-state index in [1.165, 1.54) is 4.90 Å². The number of hydrogen-bond acceptors (Lipinski definition) is 6. The highest BCUT2D eigenvalue weighted by Gasteiger charge is 2.39. The molecule has 1 aliphatic rings. The molecular formula is C28H42N8O5. The summed E-state index contributed by atoms with van der Waals surface area (Å²) in [5.74, 6) is -2.80. The Hall–Kier alpha value is -4.13. The number of nitrogens with zero attached hydrogens (tertiary/aromatic N) is 2. The van der Waals surface area contributed by atoms with E-state index in [0.29, 0.717) is 32.2 Å². The minimum Gasteiger partial charge on any atom is -0.480 e. The van der Waals surface area contributed by atoms with E-state index in [1.807, 2.05) is 38.1 Å². The smallest absolute Gasteiger partial charge is 0.326 e. The fourth-order valence-electron chi connectivity index (χ4n) is 5.03. The minimum absolute atomic E-state index is 0.0934. The van der Waals surface area contributed by atoms with Crippen LogP contribution in [0, 0.1) is 5.92 Å². The second-order valence-corrected chi connectivity index (χ2v) is 10.6. The molecule has 41 heavy (non-hydrogen) atoms. The van der Waals surface area contributed by atoms with Crippen LogP contribution in [0.3, 0.4) is 0 Å². The quantitative estimate of drug-likeness (QED) is 0.0940. The number of amides is 3. The van der Waals surface area contributed by atoms with Crippen molar-refractivity contribution in [2.24, 2.45) is 28.1 Å². The topological polar surface area (TPSA) is 222 Å². The maximum Gasteiger partial charge on any atom is 0.326 e. The lowest BCUT2D eigenvalue weighted by Crippen LogP contribution is -2.57. The summed E-state index contributed by atoms with van der Waals surface area (Å²) in [6.07, 6.45) is 4.09. The second kappa shape index (κ2) is 14.5. The van der Waals surface area contributed by atoms with Crippen LogP contribution in [0.1, 0.15) is 51.5 Å². The molecule has 0 bridgehead atoms. The lowest BCUT2D eigenvalue weighted by molar-refractivity contribution is -0.145. The van der Waals surface area contributed by atoms with Gasteiger partial charge in [-0.1, -0.05) is 38.5 Å². The van der Waals surface area contributed by atoms with E-state index in [1.54, 1.807) is 6.20 Å². The number of carbonyl (C=O) groups is 4. The standard InChI is InChI=1S/C28H42N8O5/c1-3-16(2)23(29)25(38)35-21(14-17-15-33-19-9-5-4-8-18(17)19)26(39)36-13-7-11-22(36)24(37)34-20(27(40)41)10-6-12-32-28(30)31/h4-5,8-9,15-16,20-23,33H,3,6-7,10-14,29H2,1-2H3,(H,34,37)(H,35,38)(H,40,41)(H4,30,31,32). The number of nitrogens with one attached hydrogen (secondary N) is 3. The van der Waals surface area contributed by atoms with Crippen LogP contribution in [0.25, 0.3) is 10.9 Å². The number of likely N-dealkylation sites (tertiary alicyclic amines) is 1. The van der Waals surface area contributed by atoms with E-state index in [-0.39, 0.29) is 31.3 Å². The molecule has 3 rings (SSSR count). The molecule has 1 saturated heterocycles. The summed E-state index contributed by atoms with van der Waals surface area (Å²) in [7, 11) is 0. The molecule has 0 aliphatic carbocycles. The Balaban J connectivity index is 1.79. The first kappa shape index (κ1) is 31.4. The molecule has 1 aromatic heterocycles. The van der Waals surface area contributed by atoms with Crippen molar-refractivity contribution in [2.45, 2.75) is 76.5 Å². The fraction of sp³-hybridized carbons (Fsp3) is 0.536. The molecule has 0 spiro atoms. The number of guanidine groups is 1. The van der Waals surface area contributed by atoms with Crippen LogP contribution in [0.5, 0.6) is 0 Å².